The zero-order valence-corrected chi connectivity index (χ0v) is 8.19. The molecule has 0 aliphatic heterocycles. The smallest absolute Gasteiger partial charge is 0.239 e. The average Bonchev–Trinajstić information content (AvgIpc) is 2.47. The first kappa shape index (κ1) is 10.2. The lowest BCUT2D eigenvalue weighted by molar-refractivity contribution is 0.598. The van der Waals surface area contributed by atoms with Gasteiger partial charge in [0.15, 0.2) is 0 Å². The maximum Gasteiger partial charge on any atom is 0.239 e. The lowest BCUT2D eigenvalue weighted by Crippen LogP contribution is -2.12. The van der Waals surface area contributed by atoms with Crippen LogP contribution < -0.4 is 10.5 Å². The minimum absolute atomic E-state index is 0.125. The Hall–Kier alpha value is -0.850. The summed E-state index contributed by atoms with van der Waals surface area (Å²) in [4.78, 5) is 2.95. The van der Waals surface area contributed by atoms with Gasteiger partial charge < -0.3 is 10.3 Å². The zero-order chi connectivity index (χ0) is 9.90. The summed E-state index contributed by atoms with van der Waals surface area (Å²) in [7, 11) is -3.57. The van der Waals surface area contributed by atoms with Gasteiger partial charge >= 0.3 is 0 Å². The Morgan fingerprint density at radius 2 is 2.31 bits per heavy atom. The number of nitrogens with two attached hydrogens (primary N) is 1. The van der Waals surface area contributed by atoms with Crippen LogP contribution in [-0.4, -0.2) is 19.9 Å². The first-order chi connectivity index (χ1) is 6.04. The van der Waals surface area contributed by atoms with E-state index in [4.69, 9.17) is 5.14 Å². The minimum Gasteiger partial charge on any atom is -0.363 e. The van der Waals surface area contributed by atoms with E-state index in [2.05, 4.69) is 10.3 Å². The average molecular weight is 203 g/mol. The largest absolute Gasteiger partial charge is 0.363 e. The Morgan fingerprint density at radius 3 is 2.77 bits per heavy atom. The molecule has 74 valence electrons. The summed E-state index contributed by atoms with van der Waals surface area (Å²) in [6.07, 6.45) is 1.39. The van der Waals surface area contributed by atoms with Gasteiger partial charge in [-0.2, -0.15) is 0 Å². The van der Waals surface area contributed by atoms with Gasteiger partial charge in [-0.15, -0.1) is 0 Å². The van der Waals surface area contributed by atoms with E-state index in [1.54, 1.807) is 0 Å². The van der Waals surface area contributed by atoms with Crippen molar-refractivity contribution in [2.24, 2.45) is 5.14 Å². The highest BCUT2D eigenvalue weighted by atomic mass is 32.2. The van der Waals surface area contributed by atoms with Crippen molar-refractivity contribution in [2.45, 2.75) is 18.4 Å². The maximum atomic E-state index is 10.9. The number of aromatic nitrogens is 1. The van der Waals surface area contributed by atoms with Crippen molar-refractivity contribution < 1.29 is 8.42 Å². The van der Waals surface area contributed by atoms with Crippen LogP contribution in [0, 0.1) is 0 Å². The van der Waals surface area contributed by atoms with E-state index in [0.29, 0.717) is 6.54 Å². The standard InChI is InChI=1S/C7H13N3O2S/c1-2-9-4-6-3-7(5-10-6)13(8,11)12/h3,5,9-10H,2,4H2,1H3,(H2,8,11,12). The highest BCUT2D eigenvalue weighted by molar-refractivity contribution is 7.89. The zero-order valence-electron chi connectivity index (χ0n) is 7.37. The first-order valence-electron chi connectivity index (χ1n) is 3.95. The molecule has 0 fully saturated rings. The van der Waals surface area contributed by atoms with E-state index < -0.39 is 10.0 Å². The molecule has 0 spiro atoms. The number of aromatic amines is 1. The molecule has 6 heteroatoms. The number of nitrogens with one attached hydrogen (secondary N) is 2. The molecule has 1 heterocycles. The van der Waals surface area contributed by atoms with Crippen LogP contribution in [0.5, 0.6) is 0 Å². The summed E-state index contributed by atoms with van der Waals surface area (Å²) < 4.78 is 21.7. The van der Waals surface area contributed by atoms with Gasteiger partial charge in [-0.3, -0.25) is 0 Å². The molecular formula is C7H13N3O2S. The highest BCUT2D eigenvalue weighted by Gasteiger charge is 2.09. The SMILES string of the molecule is CCNCc1cc(S(N)(=O)=O)c[nH]1. The van der Waals surface area contributed by atoms with E-state index in [1.165, 1.54) is 12.3 Å². The van der Waals surface area contributed by atoms with E-state index in [-0.39, 0.29) is 4.90 Å². The van der Waals surface area contributed by atoms with Crippen LogP contribution in [0.25, 0.3) is 0 Å². The first-order valence-corrected chi connectivity index (χ1v) is 5.49. The molecule has 0 aliphatic rings. The van der Waals surface area contributed by atoms with Crippen molar-refractivity contribution in [3.8, 4) is 0 Å². The molecule has 0 bridgehead atoms. The van der Waals surface area contributed by atoms with Crippen LogP contribution in [0.4, 0.5) is 0 Å². The number of hydrogen-bond acceptors (Lipinski definition) is 3. The molecule has 5 nitrogen and oxygen atoms in total. The van der Waals surface area contributed by atoms with Gasteiger partial charge in [0.25, 0.3) is 0 Å². The fourth-order valence-corrected chi connectivity index (χ4v) is 1.47. The fourth-order valence-electron chi connectivity index (χ4n) is 0.945. The Kier molecular flexibility index (Phi) is 3.07. The predicted octanol–water partition coefficient (Wildman–Crippen LogP) is -0.228. The molecule has 0 saturated heterocycles. The third-order valence-corrected chi connectivity index (χ3v) is 2.50. The summed E-state index contributed by atoms with van der Waals surface area (Å²) in [5, 5.41) is 7.99. The van der Waals surface area contributed by atoms with E-state index >= 15 is 0 Å². The number of rotatable bonds is 4. The Balaban J connectivity index is 2.76. The molecule has 1 aromatic rings. The van der Waals surface area contributed by atoms with Crippen LogP contribution >= 0.6 is 0 Å². The van der Waals surface area contributed by atoms with Gasteiger partial charge in [0.2, 0.25) is 10.0 Å². The molecule has 0 aromatic carbocycles. The highest BCUT2D eigenvalue weighted by Crippen LogP contribution is 2.07. The molecule has 0 aliphatic carbocycles. The number of H-pyrrole nitrogens is 1. The Bertz CT molecular complexity index is 369. The lowest BCUT2D eigenvalue weighted by atomic mass is 10.4. The topological polar surface area (TPSA) is 88.0 Å². The molecule has 1 rings (SSSR count). The van der Waals surface area contributed by atoms with Crippen molar-refractivity contribution in [1.82, 2.24) is 10.3 Å². The Labute approximate surface area is 77.4 Å². The van der Waals surface area contributed by atoms with Gasteiger partial charge in [0.05, 0.1) is 4.90 Å². The van der Waals surface area contributed by atoms with Gasteiger partial charge in [-0.25, -0.2) is 13.6 Å². The van der Waals surface area contributed by atoms with Gasteiger partial charge in [-0.1, -0.05) is 6.92 Å². The molecule has 0 amide bonds. The molecule has 0 atom stereocenters. The van der Waals surface area contributed by atoms with Gasteiger partial charge in [0.1, 0.15) is 0 Å². The summed E-state index contributed by atoms with van der Waals surface area (Å²) in [6, 6.07) is 1.53. The number of sulfonamides is 1. The van der Waals surface area contributed by atoms with Crippen LogP contribution in [0.15, 0.2) is 17.2 Å². The molecule has 0 saturated carbocycles. The monoisotopic (exact) mass is 203 g/mol. The van der Waals surface area contributed by atoms with Crippen LogP contribution in [0.1, 0.15) is 12.6 Å². The van der Waals surface area contributed by atoms with E-state index in [1.807, 2.05) is 6.92 Å². The van der Waals surface area contributed by atoms with Gasteiger partial charge in [0, 0.05) is 18.4 Å². The quantitative estimate of drug-likeness (QED) is 0.631. The summed E-state index contributed by atoms with van der Waals surface area (Å²) in [5.41, 5.74) is 0.811. The van der Waals surface area contributed by atoms with Crippen LogP contribution in [0.3, 0.4) is 0 Å². The number of primary sulfonamides is 1. The second kappa shape index (κ2) is 3.91. The second-order valence-electron chi connectivity index (χ2n) is 2.69. The van der Waals surface area contributed by atoms with Crippen molar-refractivity contribution in [3.05, 3.63) is 18.0 Å². The minimum atomic E-state index is -3.57. The summed E-state index contributed by atoms with van der Waals surface area (Å²) in [6.45, 7) is 3.43. The molecule has 0 unspecified atom stereocenters. The van der Waals surface area contributed by atoms with Gasteiger partial charge in [-0.05, 0) is 12.6 Å². The molecule has 4 N–H and O–H groups in total. The summed E-state index contributed by atoms with van der Waals surface area (Å²) in [5.74, 6) is 0. The van der Waals surface area contributed by atoms with Crippen molar-refractivity contribution >= 4 is 10.0 Å². The lowest BCUT2D eigenvalue weighted by Gasteiger charge is -1.96. The third-order valence-electron chi connectivity index (χ3n) is 1.61. The van der Waals surface area contributed by atoms with E-state index in [0.717, 1.165) is 12.2 Å². The number of hydrogen-bond donors (Lipinski definition) is 3. The van der Waals surface area contributed by atoms with Crippen LogP contribution in [-0.2, 0) is 16.6 Å². The van der Waals surface area contributed by atoms with Crippen LogP contribution in [0.2, 0.25) is 0 Å². The third kappa shape index (κ3) is 2.83. The fraction of sp³-hybridized carbons (Fsp3) is 0.429. The normalized spacial score (nSPS) is 11.8. The summed E-state index contributed by atoms with van der Waals surface area (Å²) >= 11 is 0. The molecule has 1 aromatic heterocycles. The molecule has 13 heavy (non-hydrogen) atoms. The second-order valence-corrected chi connectivity index (χ2v) is 4.25. The van der Waals surface area contributed by atoms with Crippen molar-refractivity contribution in [2.75, 3.05) is 6.54 Å². The van der Waals surface area contributed by atoms with Crippen molar-refractivity contribution in [1.29, 1.82) is 0 Å². The van der Waals surface area contributed by atoms with Crippen molar-refractivity contribution in [3.63, 3.8) is 0 Å². The predicted molar refractivity (Wildman–Crippen MR) is 49.5 cm³/mol. The van der Waals surface area contributed by atoms with E-state index in [9.17, 15) is 8.42 Å². The molecule has 0 radical (unpaired) electrons. The molecular weight excluding hydrogens is 190 g/mol. The Morgan fingerprint density at radius 1 is 1.62 bits per heavy atom. The maximum absolute atomic E-state index is 10.9.